The van der Waals surface area contributed by atoms with Gasteiger partial charge in [0, 0.05) is 6.42 Å². The van der Waals surface area contributed by atoms with E-state index in [1.54, 1.807) is 0 Å². The van der Waals surface area contributed by atoms with E-state index in [1.807, 2.05) is 6.92 Å². The average Bonchev–Trinajstić information content (AvgIpc) is 2.53. The topological polar surface area (TPSA) is 46.5 Å². The van der Waals surface area contributed by atoms with Gasteiger partial charge in [-0.3, -0.25) is 4.79 Å². The minimum Gasteiger partial charge on any atom is -0.466 e. The van der Waals surface area contributed by atoms with Crippen LogP contribution < -0.4 is 0 Å². The van der Waals surface area contributed by atoms with Crippen LogP contribution >= 0.6 is 0 Å². The van der Waals surface area contributed by atoms with E-state index >= 15 is 0 Å². The number of rotatable bonds is 16. The van der Waals surface area contributed by atoms with Gasteiger partial charge in [0.2, 0.25) is 0 Å². The van der Waals surface area contributed by atoms with Crippen molar-refractivity contribution in [1.29, 1.82) is 0 Å². The maximum Gasteiger partial charge on any atom is 0.305 e. The standard InChI is InChI=1S/C20H38O3/c1-3-5-6-13-16-19(21)17-14-11-9-7-8-10-12-15-18-20(22)23-4-2/h11,14,19,21H,3-10,12-13,15-18H2,1-2H3/b14-11+/t19-/m1/s1. The van der Waals surface area contributed by atoms with Crippen LogP contribution in [-0.4, -0.2) is 23.8 Å². The first kappa shape index (κ1) is 22.2. The number of allylic oxidation sites excluding steroid dienone is 1. The summed E-state index contributed by atoms with van der Waals surface area (Å²) in [6.45, 7) is 4.54. The molecule has 23 heavy (non-hydrogen) atoms. The molecule has 0 aromatic rings. The number of carbonyl (C=O) groups is 1. The molecule has 0 spiro atoms. The van der Waals surface area contributed by atoms with Crippen LogP contribution in [0.3, 0.4) is 0 Å². The Kier molecular flexibility index (Phi) is 16.9. The molecular weight excluding hydrogens is 288 g/mol. The quantitative estimate of drug-likeness (QED) is 0.229. The molecule has 0 aromatic heterocycles. The van der Waals surface area contributed by atoms with E-state index in [1.165, 1.54) is 38.5 Å². The van der Waals surface area contributed by atoms with E-state index in [0.717, 1.165) is 38.5 Å². The molecule has 0 aliphatic carbocycles. The first-order valence-electron chi connectivity index (χ1n) is 9.69. The number of hydrogen-bond acceptors (Lipinski definition) is 3. The number of esters is 1. The monoisotopic (exact) mass is 326 g/mol. The first-order valence-corrected chi connectivity index (χ1v) is 9.69. The van der Waals surface area contributed by atoms with Gasteiger partial charge in [-0.25, -0.2) is 0 Å². The van der Waals surface area contributed by atoms with Gasteiger partial charge in [-0.1, -0.05) is 64.0 Å². The van der Waals surface area contributed by atoms with Gasteiger partial charge in [0.25, 0.3) is 0 Å². The second kappa shape index (κ2) is 17.5. The molecule has 0 bridgehead atoms. The van der Waals surface area contributed by atoms with E-state index in [0.29, 0.717) is 13.0 Å². The third-order valence-corrected chi connectivity index (χ3v) is 4.02. The van der Waals surface area contributed by atoms with Gasteiger partial charge in [-0.2, -0.15) is 0 Å². The highest BCUT2D eigenvalue weighted by Gasteiger charge is 2.01. The lowest BCUT2D eigenvalue weighted by atomic mass is 10.1. The Balaban J connectivity index is 3.29. The molecule has 0 fully saturated rings. The fourth-order valence-electron chi connectivity index (χ4n) is 2.59. The van der Waals surface area contributed by atoms with Gasteiger partial charge >= 0.3 is 5.97 Å². The van der Waals surface area contributed by atoms with Gasteiger partial charge in [-0.05, 0) is 39.0 Å². The van der Waals surface area contributed by atoms with E-state index in [-0.39, 0.29) is 12.1 Å². The van der Waals surface area contributed by atoms with Crippen molar-refractivity contribution < 1.29 is 14.6 Å². The molecule has 0 rings (SSSR count). The Morgan fingerprint density at radius 1 is 0.957 bits per heavy atom. The largest absolute Gasteiger partial charge is 0.466 e. The second-order valence-corrected chi connectivity index (χ2v) is 6.32. The summed E-state index contributed by atoms with van der Waals surface area (Å²) in [4.78, 5) is 11.2. The number of ether oxygens (including phenoxy) is 1. The van der Waals surface area contributed by atoms with Gasteiger partial charge in [-0.15, -0.1) is 0 Å². The van der Waals surface area contributed by atoms with Crippen molar-refractivity contribution in [1.82, 2.24) is 0 Å². The van der Waals surface area contributed by atoms with Crippen LogP contribution in [0.25, 0.3) is 0 Å². The lowest BCUT2D eigenvalue weighted by Gasteiger charge is -2.07. The minimum atomic E-state index is -0.161. The zero-order valence-electron chi connectivity index (χ0n) is 15.4. The van der Waals surface area contributed by atoms with Gasteiger partial charge in [0.15, 0.2) is 0 Å². The first-order chi connectivity index (χ1) is 11.2. The van der Waals surface area contributed by atoms with Crippen LogP contribution in [-0.2, 0) is 9.53 Å². The molecule has 0 aromatic carbocycles. The molecule has 0 amide bonds. The van der Waals surface area contributed by atoms with Crippen LogP contribution in [0.15, 0.2) is 12.2 Å². The summed E-state index contributed by atoms with van der Waals surface area (Å²) in [6, 6.07) is 0. The molecule has 0 heterocycles. The molecule has 3 heteroatoms. The zero-order valence-corrected chi connectivity index (χ0v) is 15.4. The maximum atomic E-state index is 11.2. The molecule has 0 radical (unpaired) electrons. The minimum absolute atomic E-state index is 0.0660. The highest BCUT2D eigenvalue weighted by molar-refractivity contribution is 5.69. The van der Waals surface area contributed by atoms with Crippen molar-refractivity contribution in [2.75, 3.05) is 6.61 Å². The number of aliphatic hydroxyl groups excluding tert-OH is 1. The summed E-state index contributed by atoms with van der Waals surface area (Å²) in [5.74, 6) is -0.0660. The predicted octanol–water partition coefficient (Wildman–Crippen LogP) is 5.56. The lowest BCUT2D eigenvalue weighted by Crippen LogP contribution is -2.04. The van der Waals surface area contributed by atoms with E-state index < -0.39 is 0 Å². The molecular formula is C20H38O3. The molecule has 3 nitrogen and oxygen atoms in total. The summed E-state index contributed by atoms with van der Waals surface area (Å²) < 4.78 is 4.90. The Labute approximate surface area is 143 Å². The van der Waals surface area contributed by atoms with Crippen molar-refractivity contribution in [3.63, 3.8) is 0 Å². The Morgan fingerprint density at radius 2 is 1.65 bits per heavy atom. The van der Waals surface area contributed by atoms with Crippen LogP contribution in [0.2, 0.25) is 0 Å². The van der Waals surface area contributed by atoms with E-state index in [9.17, 15) is 9.90 Å². The van der Waals surface area contributed by atoms with Gasteiger partial charge in [0.1, 0.15) is 0 Å². The SMILES string of the molecule is CCCCCC[C@@H](O)C/C=C/CCCCCCCC(=O)OCC. The summed E-state index contributed by atoms with van der Waals surface area (Å²) in [6.07, 6.45) is 18.1. The molecule has 136 valence electrons. The summed E-state index contributed by atoms with van der Waals surface area (Å²) >= 11 is 0. The lowest BCUT2D eigenvalue weighted by molar-refractivity contribution is -0.143. The highest BCUT2D eigenvalue weighted by atomic mass is 16.5. The molecule has 1 atom stereocenters. The molecule has 0 unspecified atom stereocenters. The van der Waals surface area contributed by atoms with Crippen molar-refractivity contribution in [3.05, 3.63) is 12.2 Å². The van der Waals surface area contributed by atoms with Crippen molar-refractivity contribution in [2.24, 2.45) is 0 Å². The second-order valence-electron chi connectivity index (χ2n) is 6.32. The highest BCUT2D eigenvalue weighted by Crippen LogP contribution is 2.10. The van der Waals surface area contributed by atoms with E-state index in [2.05, 4.69) is 19.1 Å². The smallest absolute Gasteiger partial charge is 0.305 e. The fourth-order valence-corrected chi connectivity index (χ4v) is 2.59. The number of carbonyl (C=O) groups excluding carboxylic acids is 1. The molecule has 0 saturated heterocycles. The average molecular weight is 327 g/mol. The molecule has 0 saturated carbocycles. The Bertz CT molecular complexity index is 287. The number of hydrogen-bond donors (Lipinski definition) is 1. The van der Waals surface area contributed by atoms with Crippen LogP contribution in [0.5, 0.6) is 0 Å². The van der Waals surface area contributed by atoms with Crippen LogP contribution in [0.4, 0.5) is 0 Å². The Hall–Kier alpha value is -0.830. The van der Waals surface area contributed by atoms with E-state index in [4.69, 9.17) is 4.74 Å². The third kappa shape index (κ3) is 17.4. The zero-order chi connectivity index (χ0) is 17.2. The van der Waals surface area contributed by atoms with Crippen LogP contribution in [0, 0.1) is 0 Å². The number of unbranched alkanes of at least 4 members (excludes halogenated alkanes) is 8. The third-order valence-electron chi connectivity index (χ3n) is 4.02. The van der Waals surface area contributed by atoms with Gasteiger partial charge in [0.05, 0.1) is 12.7 Å². The van der Waals surface area contributed by atoms with Crippen molar-refractivity contribution in [3.8, 4) is 0 Å². The summed E-state index contributed by atoms with van der Waals surface area (Å²) in [5, 5.41) is 9.84. The predicted molar refractivity (Wildman–Crippen MR) is 97.5 cm³/mol. The van der Waals surface area contributed by atoms with Gasteiger partial charge < -0.3 is 9.84 Å². The number of aliphatic hydroxyl groups is 1. The summed E-state index contributed by atoms with van der Waals surface area (Å²) in [7, 11) is 0. The maximum absolute atomic E-state index is 11.2. The normalized spacial score (nSPS) is 12.7. The molecule has 1 N–H and O–H groups in total. The Morgan fingerprint density at radius 3 is 2.39 bits per heavy atom. The summed E-state index contributed by atoms with van der Waals surface area (Å²) in [5.41, 5.74) is 0. The molecule has 0 aliphatic rings. The van der Waals surface area contributed by atoms with Crippen molar-refractivity contribution in [2.45, 2.75) is 103 Å². The molecule has 0 aliphatic heterocycles. The fraction of sp³-hybridized carbons (Fsp3) is 0.850. The van der Waals surface area contributed by atoms with Crippen molar-refractivity contribution >= 4 is 5.97 Å². The van der Waals surface area contributed by atoms with Crippen LogP contribution in [0.1, 0.15) is 97.3 Å².